The number of carbonyl (C=O) groups excluding carboxylic acids is 2. The lowest BCUT2D eigenvalue weighted by Crippen LogP contribution is -2.51. The summed E-state index contributed by atoms with van der Waals surface area (Å²) in [5.41, 5.74) is -4.12. The maximum atomic E-state index is 14.5. The molecule has 3 heterocycles. The Hall–Kier alpha value is -3.84. The van der Waals surface area contributed by atoms with E-state index in [-0.39, 0.29) is 23.2 Å². The number of likely N-dealkylation sites (tertiary alicyclic amines) is 1. The van der Waals surface area contributed by atoms with Gasteiger partial charge in [-0.15, -0.1) is 0 Å². The van der Waals surface area contributed by atoms with Gasteiger partial charge in [-0.2, -0.15) is 13.2 Å². The van der Waals surface area contributed by atoms with Crippen LogP contribution in [0.15, 0.2) is 24.5 Å². The first-order valence-electron chi connectivity index (χ1n) is 11.4. The summed E-state index contributed by atoms with van der Waals surface area (Å²) in [5.74, 6) is -3.58. The SMILES string of the molecule is C[C@H]1[C@H](F)C[C@@H](NC(=O)Cc2cc(-c3cnc(C(F)(F)F)c(C(=O)O)c3)ncc2F)N1C(=O)OC(C)(C)C. The molecule has 1 saturated heterocycles. The summed E-state index contributed by atoms with van der Waals surface area (Å²) in [6.07, 6.45) is -7.72. The number of hydrogen-bond donors (Lipinski definition) is 2. The average Bonchev–Trinajstić information content (AvgIpc) is 3.05. The van der Waals surface area contributed by atoms with Crippen LogP contribution in [0.25, 0.3) is 11.3 Å². The number of halogens is 5. The Bertz CT molecular complexity index is 1250. The van der Waals surface area contributed by atoms with Crippen LogP contribution in [0, 0.1) is 5.82 Å². The molecule has 2 aromatic heterocycles. The molecular weight excluding hydrogens is 519 g/mol. The zero-order chi connectivity index (χ0) is 28.6. The van der Waals surface area contributed by atoms with Crippen molar-refractivity contribution in [3.8, 4) is 11.3 Å². The van der Waals surface area contributed by atoms with E-state index in [1.165, 1.54) is 6.92 Å². The number of amides is 2. The average molecular weight is 544 g/mol. The second-order valence-electron chi connectivity index (χ2n) is 9.72. The van der Waals surface area contributed by atoms with E-state index in [1.54, 1.807) is 20.8 Å². The van der Waals surface area contributed by atoms with Crippen LogP contribution in [-0.4, -0.2) is 61.9 Å². The summed E-state index contributed by atoms with van der Waals surface area (Å²) >= 11 is 0. The first-order valence-corrected chi connectivity index (χ1v) is 11.4. The highest BCUT2D eigenvalue weighted by molar-refractivity contribution is 5.90. The van der Waals surface area contributed by atoms with Crippen molar-refractivity contribution in [2.24, 2.45) is 0 Å². The first-order chi connectivity index (χ1) is 17.5. The number of carboxylic acid groups (broad SMARTS) is 1. The van der Waals surface area contributed by atoms with Crippen LogP contribution < -0.4 is 5.32 Å². The highest BCUT2D eigenvalue weighted by Gasteiger charge is 2.44. The van der Waals surface area contributed by atoms with Gasteiger partial charge in [0, 0.05) is 23.7 Å². The van der Waals surface area contributed by atoms with Crippen molar-refractivity contribution < 1.29 is 46.2 Å². The predicted molar refractivity (Wildman–Crippen MR) is 122 cm³/mol. The molecular formula is C24H25F5N4O5. The molecule has 3 atom stereocenters. The van der Waals surface area contributed by atoms with E-state index in [0.29, 0.717) is 6.07 Å². The molecule has 14 heteroatoms. The third-order valence-corrected chi connectivity index (χ3v) is 5.65. The van der Waals surface area contributed by atoms with Crippen molar-refractivity contribution in [3.63, 3.8) is 0 Å². The lowest BCUT2D eigenvalue weighted by atomic mass is 10.0. The normalized spacial score (nSPS) is 19.8. The van der Waals surface area contributed by atoms with Gasteiger partial charge >= 0.3 is 18.2 Å². The van der Waals surface area contributed by atoms with Crippen molar-refractivity contribution in [3.05, 3.63) is 47.2 Å². The number of hydrogen-bond acceptors (Lipinski definition) is 6. The number of carbonyl (C=O) groups is 3. The summed E-state index contributed by atoms with van der Waals surface area (Å²) < 4.78 is 73.4. The lowest BCUT2D eigenvalue weighted by molar-refractivity contribution is -0.141. The molecule has 1 aliphatic rings. The van der Waals surface area contributed by atoms with Gasteiger partial charge in [-0.1, -0.05) is 0 Å². The first kappa shape index (κ1) is 28.7. The molecule has 3 rings (SSSR count). The van der Waals surface area contributed by atoms with Gasteiger partial charge in [0.05, 0.1) is 29.9 Å². The van der Waals surface area contributed by atoms with Crippen LogP contribution in [0.1, 0.15) is 55.7 Å². The molecule has 0 radical (unpaired) electrons. The van der Waals surface area contributed by atoms with Gasteiger partial charge in [0.2, 0.25) is 5.91 Å². The number of ether oxygens (including phenoxy) is 1. The third kappa shape index (κ3) is 6.53. The van der Waals surface area contributed by atoms with Gasteiger partial charge in [-0.05, 0) is 39.8 Å². The Kier molecular flexibility index (Phi) is 7.94. The number of carboxylic acids is 1. The van der Waals surface area contributed by atoms with Gasteiger partial charge in [-0.25, -0.2) is 18.4 Å². The van der Waals surface area contributed by atoms with E-state index in [4.69, 9.17) is 4.74 Å². The van der Waals surface area contributed by atoms with E-state index in [9.17, 15) is 41.4 Å². The minimum Gasteiger partial charge on any atom is -0.478 e. The van der Waals surface area contributed by atoms with Crippen LogP contribution >= 0.6 is 0 Å². The maximum Gasteiger partial charge on any atom is 0.434 e. The van der Waals surface area contributed by atoms with Crippen molar-refractivity contribution >= 4 is 18.0 Å². The number of alkyl halides is 4. The Balaban J connectivity index is 1.82. The molecule has 1 aliphatic heterocycles. The Morgan fingerprint density at radius 3 is 2.39 bits per heavy atom. The lowest BCUT2D eigenvalue weighted by Gasteiger charge is -2.31. The smallest absolute Gasteiger partial charge is 0.434 e. The van der Waals surface area contributed by atoms with E-state index in [0.717, 1.165) is 23.4 Å². The molecule has 0 spiro atoms. The molecule has 2 amide bonds. The number of nitrogens with one attached hydrogen (secondary N) is 1. The van der Waals surface area contributed by atoms with Crippen molar-refractivity contribution in [1.82, 2.24) is 20.2 Å². The number of aromatic carboxylic acids is 1. The monoisotopic (exact) mass is 544 g/mol. The fourth-order valence-electron chi connectivity index (χ4n) is 3.90. The fourth-order valence-corrected chi connectivity index (χ4v) is 3.90. The zero-order valence-corrected chi connectivity index (χ0v) is 20.8. The molecule has 206 valence electrons. The van der Waals surface area contributed by atoms with Crippen molar-refractivity contribution in [2.75, 3.05) is 0 Å². The highest BCUT2D eigenvalue weighted by Crippen LogP contribution is 2.33. The number of pyridine rings is 2. The molecule has 0 saturated carbocycles. The third-order valence-electron chi connectivity index (χ3n) is 5.65. The fraction of sp³-hybridized carbons (Fsp3) is 0.458. The summed E-state index contributed by atoms with van der Waals surface area (Å²) in [6.45, 7) is 6.34. The van der Waals surface area contributed by atoms with Crippen LogP contribution in [-0.2, 0) is 22.1 Å². The van der Waals surface area contributed by atoms with Gasteiger partial charge < -0.3 is 15.2 Å². The molecule has 38 heavy (non-hydrogen) atoms. The quantitative estimate of drug-likeness (QED) is 0.537. The Morgan fingerprint density at radius 2 is 1.82 bits per heavy atom. The van der Waals surface area contributed by atoms with E-state index < -0.39 is 71.6 Å². The number of aromatic nitrogens is 2. The van der Waals surface area contributed by atoms with Crippen molar-refractivity contribution in [2.45, 2.75) is 70.7 Å². The van der Waals surface area contributed by atoms with Crippen LogP contribution in [0.3, 0.4) is 0 Å². The molecule has 9 nitrogen and oxygen atoms in total. The predicted octanol–water partition coefficient (Wildman–Crippen LogP) is 4.35. The zero-order valence-electron chi connectivity index (χ0n) is 20.8. The molecule has 0 unspecified atom stereocenters. The van der Waals surface area contributed by atoms with Gasteiger partial charge in [0.25, 0.3) is 0 Å². The molecule has 2 aromatic rings. The highest BCUT2D eigenvalue weighted by atomic mass is 19.4. The summed E-state index contributed by atoms with van der Waals surface area (Å²) in [7, 11) is 0. The van der Waals surface area contributed by atoms with E-state index in [1.807, 2.05) is 0 Å². The van der Waals surface area contributed by atoms with Crippen molar-refractivity contribution in [1.29, 1.82) is 0 Å². The standard InChI is InChI=1S/C24H25F5N4O5/c1-11-15(25)8-18(33(11)22(37)38-23(2,3)4)32-19(34)7-12-6-17(30-10-16(12)26)13-5-14(21(35)36)20(31-9-13)24(27,28)29/h5-6,9-11,15,18H,7-8H2,1-4H3,(H,32,34)(H,35,36)/t11-,15+,18-/m0/s1. The minimum absolute atomic E-state index is 0.133. The maximum absolute atomic E-state index is 14.5. The van der Waals surface area contributed by atoms with Gasteiger partial charge in [-0.3, -0.25) is 19.7 Å². The Morgan fingerprint density at radius 1 is 1.16 bits per heavy atom. The summed E-state index contributed by atoms with van der Waals surface area (Å²) in [5, 5.41) is 11.7. The van der Waals surface area contributed by atoms with Gasteiger partial charge in [0.15, 0.2) is 5.69 Å². The summed E-state index contributed by atoms with van der Waals surface area (Å²) in [4.78, 5) is 44.7. The number of nitrogens with zero attached hydrogens (tertiary/aromatic N) is 3. The molecule has 0 aliphatic carbocycles. The molecule has 2 N–H and O–H groups in total. The van der Waals surface area contributed by atoms with Crippen LogP contribution in [0.2, 0.25) is 0 Å². The van der Waals surface area contributed by atoms with Crippen LogP contribution in [0.4, 0.5) is 26.7 Å². The molecule has 1 fully saturated rings. The summed E-state index contributed by atoms with van der Waals surface area (Å²) in [6, 6.07) is 0.864. The van der Waals surface area contributed by atoms with Crippen LogP contribution in [0.5, 0.6) is 0 Å². The largest absolute Gasteiger partial charge is 0.478 e. The Labute approximate surface area is 214 Å². The second-order valence-corrected chi connectivity index (χ2v) is 9.72. The minimum atomic E-state index is -5.02. The van der Waals surface area contributed by atoms with E-state index in [2.05, 4.69) is 15.3 Å². The van der Waals surface area contributed by atoms with Gasteiger partial charge in [0.1, 0.15) is 23.8 Å². The molecule has 0 bridgehead atoms. The second kappa shape index (κ2) is 10.5. The van der Waals surface area contributed by atoms with E-state index >= 15 is 0 Å². The molecule has 0 aromatic carbocycles. The topological polar surface area (TPSA) is 122 Å². The number of rotatable bonds is 5.